The lowest BCUT2D eigenvalue weighted by Gasteiger charge is -2.24. The fourth-order valence-corrected chi connectivity index (χ4v) is 2.21. The van der Waals surface area contributed by atoms with E-state index in [1.54, 1.807) is 38.1 Å². The second-order valence-corrected chi connectivity index (χ2v) is 6.13. The van der Waals surface area contributed by atoms with Gasteiger partial charge in [0.15, 0.2) is 10.7 Å². The molecule has 2 aromatic rings. The summed E-state index contributed by atoms with van der Waals surface area (Å²) >= 11 is 6.91. The number of nitrogens with zero attached hydrogens (tertiary/aromatic N) is 2. The van der Waals surface area contributed by atoms with Crippen molar-refractivity contribution < 1.29 is 9.53 Å². The minimum atomic E-state index is -1.09. The van der Waals surface area contributed by atoms with Gasteiger partial charge in [0.1, 0.15) is 16.7 Å². The molecule has 0 aliphatic rings. The first-order chi connectivity index (χ1) is 9.90. The number of anilines is 1. The number of nitriles is 1. The van der Waals surface area contributed by atoms with Crippen molar-refractivity contribution in [3.8, 4) is 11.8 Å². The lowest BCUT2D eigenvalue weighted by Crippen LogP contribution is -2.42. The second kappa shape index (κ2) is 6.12. The summed E-state index contributed by atoms with van der Waals surface area (Å²) < 4.78 is 5.67. The maximum absolute atomic E-state index is 12.2. The summed E-state index contributed by atoms with van der Waals surface area (Å²) in [7, 11) is 0. The Labute approximate surface area is 131 Å². The average Bonchev–Trinajstić information content (AvgIpc) is 2.89. The molecule has 0 radical (unpaired) electrons. The molecule has 0 fully saturated rings. The largest absolute Gasteiger partial charge is 0.478 e. The Kier molecular flexibility index (Phi) is 4.46. The number of halogens is 1. The van der Waals surface area contributed by atoms with E-state index >= 15 is 0 Å². The Morgan fingerprint density at radius 1 is 1.43 bits per heavy atom. The normalized spacial score (nSPS) is 10.8. The highest BCUT2D eigenvalue weighted by molar-refractivity contribution is 7.16. The van der Waals surface area contributed by atoms with E-state index in [1.807, 2.05) is 6.07 Å². The number of aromatic nitrogens is 1. The highest BCUT2D eigenvalue weighted by Gasteiger charge is 2.30. The van der Waals surface area contributed by atoms with E-state index in [-0.39, 0.29) is 5.91 Å². The number of carbonyl (C=O) groups excluding carboxylic acids is 1. The van der Waals surface area contributed by atoms with Gasteiger partial charge in [0.2, 0.25) is 0 Å². The third kappa shape index (κ3) is 3.94. The van der Waals surface area contributed by atoms with Crippen LogP contribution in [-0.2, 0) is 4.79 Å². The van der Waals surface area contributed by atoms with Crippen molar-refractivity contribution in [3.05, 3.63) is 40.4 Å². The van der Waals surface area contributed by atoms with Gasteiger partial charge in [-0.15, -0.1) is 0 Å². The van der Waals surface area contributed by atoms with Crippen molar-refractivity contribution in [2.75, 3.05) is 5.32 Å². The van der Waals surface area contributed by atoms with Crippen LogP contribution in [0.25, 0.3) is 0 Å². The van der Waals surface area contributed by atoms with Gasteiger partial charge in [-0.25, -0.2) is 4.98 Å². The van der Waals surface area contributed by atoms with Gasteiger partial charge in [0, 0.05) is 5.02 Å². The molecule has 0 aliphatic carbocycles. The Morgan fingerprint density at radius 2 is 2.10 bits per heavy atom. The van der Waals surface area contributed by atoms with Crippen LogP contribution in [0.5, 0.6) is 5.75 Å². The van der Waals surface area contributed by atoms with Crippen molar-refractivity contribution in [2.45, 2.75) is 19.4 Å². The first-order valence-electron chi connectivity index (χ1n) is 6.03. The van der Waals surface area contributed by atoms with Gasteiger partial charge in [0.05, 0.1) is 6.20 Å². The van der Waals surface area contributed by atoms with Crippen LogP contribution >= 0.6 is 22.9 Å². The van der Waals surface area contributed by atoms with Gasteiger partial charge < -0.3 is 4.74 Å². The van der Waals surface area contributed by atoms with E-state index in [0.717, 1.165) is 11.3 Å². The summed E-state index contributed by atoms with van der Waals surface area (Å²) in [6, 6.07) is 8.71. The zero-order chi connectivity index (χ0) is 15.5. The quantitative estimate of drug-likeness (QED) is 0.935. The molecule has 1 N–H and O–H groups in total. The predicted octanol–water partition coefficient (Wildman–Crippen LogP) is 3.46. The molecule has 0 spiro atoms. The van der Waals surface area contributed by atoms with Gasteiger partial charge in [0.25, 0.3) is 5.91 Å². The summed E-state index contributed by atoms with van der Waals surface area (Å²) in [5, 5.41) is 12.3. The highest BCUT2D eigenvalue weighted by Crippen LogP contribution is 2.23. The molecule has 0 atom stereocenters. The summed E-state index contributed by atoms with van der Waals surface area (Å²) in [6.07, 6.45) is 1.41. The van der Waals surface area contributed by atoms with Crippen LogP contribution in [0.4, 0.5) is 5.13 Å². The van der Waals surface area contributed by atoms with Crippen molar-refractivity contribution in [2.24, 2.45) is 0 Å². The van der Waals surface area contributed by atoms with Crippen LogP contribution in [-0.4, -0.2) is 16.5 Å². The van der Waals surface area contributed by atoms with Gasteiger partial charge >= 0.3 is 0 Å². The number of rotatable bonds is 4. The molecule has 0 unspecified atom stereocenters. The van der Waals surface area contributed by atoms with Crippen molar-refractivity contribution >= 4 is 34.0 Å². The van der Waals surface area contributed by atoms with Crippen molar-refractivity contribution in [3.63, 3.8) is 0 Å². The molecule has 108 valence electrons. The van der Waals surface area contributed by atoms with Crippen LogP contribution in [0.1, 0.15) is 18.7 Å². The summed E-state index contributed by atoms with van der Waals surface area (Å²) in [6.45, 7) is 3.30. The smallest absolute Gasteiger partial charge is 0.269 e. The van der Waals surface area contributed by atoms with Gasteiger partial charge in [-0.3, -0.25) is 10.1 Å². The van der Waals surface area contributed by atoms with Crippen LogP contribution in [0.3, 0.4) is 0 Å². The minimum Gasteiger partial charge on any atom is -0.478 e. The first-order valence-corrected chi connectivity index (χ1v) is 7.22. The maximum Gasteiger partial charge on any atom is 0.269 e. The number of hydrogen-bond donors (Lipinski definition) is 1. The number of benzene rings is 1. The van der Waals surface area contributed by atoms with E-state index in [2.05, 4.69) is 10.3 Å². The monoisotopic (exact) mass is 321 g/mol. The van der Waals surface area contributed by atoms with E-state index < -0.39 is 5.60 Å². The zero-order valence-corrected chi connectivity index (χ0v) is 13.0. The standard InChI is InChI=1S/C14H12ClN3O2S/c1-14(2,20-10-5-3-9(15)4-6-10)12(19)18-13-17-8-11(7-16)21-13/h3-6,8H,1-2H3,(H,17,18,19). The van der Waals surface area contributed by atoms with Crippen LogP contribution in [0.2, 0.25) is 5.02 Å². The number of hydrogen-bond acceptors (Lipinski definition) is 5. The molecule has 0 saturated carbocycles. The summed E-state index contributed by atoms with van der Waals surface area (Å²) in [5.74, 6) is 0.188. The third-order valence-electron chi connectivity index (χ3n) is 2.57. The number of amides is 1. The van der Waals surface area contributed by atoms with Gasteiger partial charge in [-0.2, -0.15) is 5.26 Å². The van der Waals surface area contributed by atoms with Crippen LogP contribution in [0, 0.1) is 11.3 Å². The van der Waals surface area contributed by atoms with E-state index in [4.69, 9.17) is 21.6 Å². The molecule has 1 aromatic heterocycles. The second-order valence-electron chi connectivity index (χ2n) is 4.66. The fourth-order valence-electron chi connectivity index (χ4n) is 1.47. The Morgan fingerprint density at radius 3 is 2.67 bits per heavy atom. The van der Waals surface area contributed by atoms with Crippen LogP contribution in [0.15, 0.2) is 30.5 Å². The SMILES string of the molecule is CC(C)(Oc1ccc(Cl)cc1)C(=O)Nc1ncc(C#N)s1. The molecule has 7 heteroatoms. The molecule has 0 aliphatic heterocycles. The predicted molar refractivity (Wildman–Crippen MR) is 81.6 cm³/mol. The average molecular weight is 322 g/mol. The Hall–Kier alpha value is -2.10. The van der Waals surface area contributed by atoms with Gasteiger partial charge in [-0.05, 0) is 38.1 Å². The maximum atomic E-state index is 12.2. The molecule has 0 saturated heterocycles. The first kappa shape index (κ1) is 15.3. The highest BCUT2D eigenvalue weighted by atomic mass is 35.5. The van der Waals surface area contributed by atoms with Crippen LogP contribution < -0.4 is 10.1 Å². The molecule has 0 bridgehead atoms. The molecular formula is C14H12ClN3O2S. The summed E-state index contributed by atoms with van der Waals surface area (Å²) in [5.41, 5.74) is -1.09. The van der Waals surface area contributed by atoms with E-state index in [0.29, 0.717) is 20.8 Å². The Balaban J connectivity index is 2.05. The number of nitrogens with one attached hydrogen (secondary N) is 1. The fraction of sp³-hybridized carbons (Fsp3) is 0.214. The zero-order valence-electron chi connectivity index (χ0n) is 11.4. The molecule has 21 heavy (non-hydrogen) atoms. The molecule has 1 heterocycles. The van der Waals surface area contributed by atoms with Crippen molar-refractivity contribution in [1.82, 2.24) is 4.98 Å². The van der Waals surface area contributed by atoms with E-state index in [9.17, 15) is 4.79 Å². The third-order valence-corrected chi connectivity index (χ3v) is 3.64. The molecule has 2 rings (SSSR count). The van der Waals surface area contributed by atoms with Gasteiger partial charge in [-0.1, -0.05) is 22.9 Å². The van der Waals surface area contributed by atoms with E-state index in [1.165, 1.54) is 6.20 Å². The molecule has 5 nitrogen and oxygen atoms in total. The minimum absolute atomic E-state index is 0.351. The molecule has 1 aromatic carbocycles. The number of ether oxygens (including phenoxy) is 1. The molecule has 1 amide bonds. The summed E-state index contributed by atoms with van der Waals surface area (Å²) in [4.78, 5) is 16.6. The lowest BCUT2D eigenvalue weighted by atomic mass is 10.1. The Bertz CT molecular complexity index is 689. The molecular weight excluding hydrogens is 310 g/mol. The number of thiazole rings is 1. The number of carbonyl (C=O) groups is 1. The van der Waals surface area contributed by atoms with Crippen molar-refractivity contribution in [1.29, 1.82) is 5.26 Å². The lowest BCUT2D eigenvalue weighted by molar-refractivity contribution is -0.128. The topological polar surface area (TPSA) is 75.0 Å².